The Morgan fingerprint density at radius 1 is 0.952 bits per heavy atom. The molecule has 1 aliphatic heterocycles. The fraction of sp³-hybridized carbons (Fsp3) is 0.422. The second kappa shape index (κ2) is 20.5. The van der Waals surface area contributed by atoms with Gasteiger partial charge in [-0.1, -0.05) is 93.1 Å². The number of aromatic amines is 1. The van der Waals surface area contributed by atoms with Gasteiger partial charge < -0.3 is 55.9 Å². The molecule has 0 saturated carbocycles. The van der Waals surface area contributed by atoms with E-state index in [4.69, 9.17) is 9.47 Å². The number of H-pyrrole nitrogens is 1. The van der Waals surface area contributed by atoms with Crippen molar-refractivity contribution in [3.8, 4) is 5.75 Å². The van der Waals surface area contributed by atoms with Gasteiger partial charge >= 0.3 is 5.97 Å². The average molecular weight is 857 g/mol. The first-order valence-electron chi connectivity index (χ1n) is 20.4. The number of nitrogens with zero attached hydrogens (tertiary/aromatic N) is 1. The molecule has 17 nitrogen and oxygen atoms in total. The van der Waals surface area contributed by atoms with Crippen LogP contribution >= 0.6 is 0 Å². The zero-order valence-electron chi connectivity index (χ0n) is 35.6. The first-order chi connectivity index (χ1) is 29.5. The van der Waals surface area contributed by atoms with E-state index in [2.05, 4.69) is 26.3 Å². The Balaban J connectivity index is 1.65. The van der Waals surface area contributed by atoms with E-state index in [0.717, 1.165) is 11.8 Å². The van der Waals surface area contributed by atoms with Crippen LogP contribution in [0, 0.1) is 5.92 Å². The summed E-state index contributed by atoms with van der Waals surface area (Å²) in [5, 5.41) is 43.8. The number of carbonyl (C=O) groups excluding carboxylic acids is 6. The summed E-state index contributed by atoms with van der Waals surface area (Å²) in [6, 6.07) is 14.4. The van der Waals surface area contributed by atoms with Gasteiger partial charge in [-0.05, 0) is 42.5 Å². The highest BCUT2D eigenvalue weighted by Gasteiger charge is 2.44. The van der Waals surface area contributed by atoms with Crippen molar-refractivity contribution in [3.05, 3.63) is 102 Å². The normalized spacial score (nSPS) is 24.1. The summed E-state index contributed by atoms with van der Waals surface area (Å²) in [6.45, 7) is 4.99. The molecule has 4 aromatic rings. The highest BCUT2D eigenvalue weighted by atomic mass is 16.5. The summed E-state index contributed by atoms with van der Waals surface area (Å²) >= 11 is 0. The van der Waals surface area contributed by atoms with E-state index in [9.17, 15) is 44.1 Å². The highest BCUT2D eigenvalue weighted by Crippen LogP contribution is 2.29. The number of para-hydroxylation sites is 1. The van der Waals surface area contributed by atoms with Crippen LogP contribution in [0.25, 0.3) is 10.9 Å². The van der Waals surface area contributed by atoms with Crippen LogP contribution in [0.3, 0.4) is 0 Å². The molecule has 0 bridgehead atoms. The van der Waals surface area contributed by atoms with E-state index < -0.39 is 102 Å². The third-order valence-corrected chi connectivity index (χ3v) is 11.2. The molecule has 62 heavy (non-hydrogen) atoms. The molecule has 8 N–H and O–H groups in total. The number of fused-ring (bicyclic) bond motifs is 1. The van der Waals surface area contributed by atoms with Crippen LogP contribution in [0.2, 0.25) is 0 Å². The Bertz CT molecular complexity index is 2220. The molecule has 0 spiro atoms. The third-order valence-electron chi connectivity index (χ3n) is 11.2. The number of nitrogens with one attached hydrogen (secondary N) is 5. The van der Waals surface area contributed by atoms with Gasteiger partial charge in [0.05, 0.1) is 25.7 Å². The molecule has 1 saturated heterocycles. The van der Waals surface area contributed by atoms with Crippen molar-refractivity contribution in [1.82, 2.24) is 31.2 Å². The van der Waals surface area contributed by atoms with Crippen molar-refractivity contribution in [2.75, 3.05) is 20.8 Å². The molecule has 17 heteroatoms. The highest BCUT2D eigenvalue weighted by molar-refractivity contribution is 5.97. The van der Waals surface area contributed by atoms with E-state index in [1.807, 2.05) is 6.07 Å². The van der Waals surface area contributed by atoms with Crippen molar-refractivity contribution in [2.24, 2.45) is 5.92 Å². The second-order valence-corrected chi connectivity index (χ2v) is 15.9. The topological polar surface area (TPSA) is 249 Å². The number of esters is 1. The molecule has 332 valence electrons. The van der Waals surface area contributed by atoms with E-state index in [1.165, 1.54) is 21.1 Å². The molecule has 5 rings (SSSR count). The van der Waals surface area contributed by atoms with Gasteiger partial charge in [0.25, 0.3) is 5.91 Å². The molecule has 1 unspecified atom stereocenters. The molecule has 3 aromatic carbocycles. The summed E-state index contributed by atoms with van der Waals surface area (Å²) in [7, 11) is 2.82. The van der Waals surface area contributed by atoms with Gasteiger partial charge in [0.2, 0.25) is 23.6 Å². The van der Waals surface area contributed by atoms with E-state index in [0.29, 0.717) is 28.6 Å². The van der Waals surface area contributed by atoms with Crippen LogP contribution in [-0.4, -0.2) is 117 Å². The standard InChI is InChI=1S/C45H56N6O11/c1-7-25(2)34-43(58)51(5)37(38(54)27-15-10-8-11-16-27)42(57)48-31(22-29-23-46-35-30(29)19-14-20-32(35)61-6)40(55)47-26(3)21-33(53)62-39(28-17-12-9-13-18-28)36(41(56)49-34)50-44(59)45(4,60)24-52/h8-20,23,25-26,31,34,36-39,46,52,54,60H,7,21-22,24H2,1-6H3,(H,47,55)(H,48,57)(H,49,56)(H,50,59)/t25-,26-,31+,34-,36-,37-,38-,39+,45?/m0/s1. The number of hydrogen-bond acceptors (Lipinski definition) is 11. The van der Waals surface area contributed by atoms with Crippen molar-refractivity contribution < 1.29 is 53.6 Å². The van der Waals surface area contributed by atoms with Crippen molar-refractivity contribution in [2.45, 2.75) is 95.0 Å². The Kier molecular flexibility index (Phi) is 15.5. The van der Waals surface area contributed by atoms with Gasteiger partial charge in [-0.15, -0.1) is 0 Å². The maximum absolute atomic E-state index is 14.8. The quantitative estimate of drug-likeness (QED) is 0.101. The first-order valence-corrected chi connectivity index (χ1v) is 20.4. The summed E-state index contributed by atoms with van der Waals surface area (Å²) in [6.07, 6.45) is -1.71. The molecule has 1 aliphatic rings. The number of ether oxygens (including phenoxy) is 2. The van der Waals surface area contributed by atoms with Gasteiger partial charge in [-0.25, -0.2) is 0 Å². The predicted molar refractivity (Wildman–Crippen MR) is 227 cm³/mol. The lowest BCUT2D eigenvalue weighted by Gasteiger charge is -2.36. The molecular formula is C45H56N6O11. The number of rotatable bonds is 11. The average Bonchev–Trinajstić information content (AvgIpc) is 3.68. The molecule has 9 atom stereocenters. The maximum atomic E-state index is 14.8. The summed E-state index contributed by atoms with van der Waals surface area (Å²) < 4.78 is 11.4. The number of benzene rings is 3. The molecule has 0 radical (unpaired) electrons. The fourth-order valence-electron chi connectivity index (χ4n) is 7.31. The van der Waals surface area contributed by atoms with Gasteiger partial charge in [0.15, 0.2) is 11.7 Å². The van der Waals surface area contributed by atoms with Crippen LogP contribution in [-0.2, 0) is 39.9 Å². The number of hydrogen-bond donors (Lipinski definition) is 8. The first kappa shape index (κ1) is 46.8. The van der Waals surface area contributed by atoms with Crippen molar-refractivity contribution >= 4 is 46.4 Å². The van der Waals surface area contributed by atoms with Crippen molar-refractivity contribution in [1.29, 1.82) is 0 Å². The zero-order valence-corrected chi connectivity index (χ0v) is 35.6. The van der Waals surface area contributed by atoms with E-state index >= 15 is 0 Å². The smallest absolute Gasteiger partial charge is 0.308 e. The summed E-state index contributed by atoms with van der Waals surface area (Å²) in [5.74, 6) is -5.59. The largest absolute Gasteiger partial charge is 0.495 e. The van der Waals surface area contributed by atoms with Crippen LogP contribution in [0.4, 0.5) is 0 Å². The molecule has 5 amide bonds. The minimum atomic E-state index is -2.38. The Labute approximate surface area is 359 Å². The molecule has 0 aliphatic carbocycles. The molecule has 1 aromatic heterocycles. The summed E-state index contributed by atoms with van der Waals surface area (Å²) in [4.78, 5) is 89.8. The molecular weight excluding hydrogens is 801 g/mol. The lowest BCUT2D eigenvalue weighted by Crippen LogP contribution is -2.62. The van der Waals surface area contributed by atoms with Crippen LogP contribution in [0.1, 0.15) is 69.4 Å². The Morgan fingerprint density at radius 3 is 2.24 bits per heavy atom. The maximum Gasteiger partial charge on any atom is 0.308 e. The number of aromatic nitrogens is 1. The van der Waals surface area contributed by atoms with Crippen LogP contribution < -0.4 is 26.0 Å². The predicted octanol–water partition coefficient (Wildman–Crippen LogP) is 1.72. The minimum Gasteiger partial charge on any atom is -0.495 e. The number of amides is 5. The number of likely N-dealkylation sites (N-methyl/N-ethyl adjacent to an activating group) is 1. The van der Waals surface area contributed by atoms with Crippen LogP contribution in [0.5, 0.6) is 5.75 Å². The monoisotopic (exact) mass is 856 g/mol. The number of aliphatic hydroxyl groups excluding tert-OH is 2. The van der Waals surface area contributed by atoms with Gasteiger partial charge in [-0.2, -0.15) is 0 Å². The number of carbonyl (C=O) groups is 6. The van der Waals surface area contributed by atoms with E-state index in [1.54, 1.807) is 92.8 Å². The van der Waals surface area contributed by atoms with E-state index in [-0.39, 0.29) is 17.5 Å². The number of methoxy groups -OCH3 is 1. The second-order valence-electron chi connectivity index (χ2n) is 15.9. The summed E-state index contributed by atoms with van der Waals surface area (Å²) in [5.41, 5.74) is -0.575. The van der Waals surface area contributed by atoms with Gasteiger partial charge in [0, 0.05) is 31.1 Å². The zero-order chi connectivity index (χ0) is 45.3. The fourth-order valence-corrected chi connectivity index (χ4v) is 7.31. The molecule has 2 heterocycles. The number of aliphatic hydroxyl groups is 3. The lowest BCUT2D eigenvalue weighted by molar-refractivity contribution is -0.157. The number of cyclic esters (lactones) is 1. The van der Waals surface area contributed by atoms with Gasteiger partial charge in [-0.3, -0.25) is 28.8 Å². The SMILES string of the molecule is CC[C@H](C)[C@@H]1NC(=O)[C@@H](NC(=O)C(C)(O)CO)[C@@H](c2ccccc2)OC(=O)C[C@H](C)NC(=O)[C@@H](Cc2c[nH]c3c(OC)cccc23)NC(=O)[C@H]([C@@H](O)c2ccccc2)N(C)C1=O. The Hall–Kier alpha value is -6.30. The molecule has 1 fully saturated rings. The minimum absolute atomic E-state index is 0.0751. The van der Waals surface area contributed by atoms with Crippen molar-refractivity contribution in [3.63, 3.8) is 0 Å². The van der Waals surface area contributed by atoms with Crippen LogP contribution in [0.15, 0.2) is 85.1 Å². The van der Waals surface area contributed by atoms with Gasteiger partial charge in [0.1, 0.15) is 36.0 Å². The lowest BCUT2D eigenvalue weighted by atomic mass is 9.93. The Morgan fingerprint density at radius 2 is 1.61 bits per heavy atom. The third kappa shape index (κ3) is 10.8.